The van der Waals surface area contributed by atoms with Crippen molar-refractivity contribution in [2.75, 3.05) is 11.6 Å². The van der Waals surface area contributed by atoms with Crippen LogP contribution < -0.4 is 5.32 Å². The molecule has 0 aliphatic heterocycles. The van der Waals surface area contributed by atoms with Crippen LogP contribution in [0.1, 0.15) is 21.5 Å². The fourth-order valence-corrected chi connectivity index (χ4v) is 2.25. The summed E-state index contributed by atoms with van der Waals surface area (Å²) in [5, 5.41) is 3.79. The number of pyridine rings is 1. The van der Waals surface area contributed by atoms with Gasteiger partial charge in [0.2, 0.25) is 0 Å². The Morgan fingerprint density at radius 3 is 2.37 bits per heavy atom. The van der Waals surface area contributed by atoms with Gasteiger partial charge >= 0.3 is 0 Å². The molecule has 1 amide bonds. The number of anilines is 1. The maximum absolute atomic E-state index is 12.1. The van der Waals surface area contributed by atoms with Gasteiger partial charge in [0.05, 0.1) is 16.9 Å². The molecular weight excluding hydrogens is 256 g/mol. The average molecular weight is 272 g/mol. The third-order valence-electron chi connectivity index (χ3n) is 2.69. The highest BCUT2D eigenvalue weighted by Gasteiger charge is 2.07. The lowest BCUT2D eigenvalue weighted by molar-refractivity contribution is 0.102. The lowest BCUT2D eigenvalue weighted by Gasteiger charge is -2.07. The number of amides is 1. The maximum Gasteiger partial charge on any atom is 0.255 e. The number of benzene rings is 1. The van der Waals surface area contributed by atoms with Gasteiger partial charge in [-0.25, -0.2) is 4.98 Å². The standard InChI is InChI=1S/C15H16N2OS/c1-10-6-11(2)8-12(7-10)15(18)17-13-4-5-14(19-3)16-9-13/h4-9H,1-3H3,(H,17,18). The van der Waals surface area contributed by atoms with Gasteiger partial charge < -0.3 is 5.32 Å². The number of nitrogens with one attached hydrogen (secondary N) is 1. The van der Waals surface area contributed by atoms with E-state index >= 15 is 0 Å². The van der Waals surface area contributed by atoms with Gasteiger partial charge in [-0.05, 0) is 44.4 Å². The molecule has 0 spiro atoms. The van der Waals surface area contributed by atoms with Crippen molar-refractivity contribution in [3.63, 3.8) is 0 Å². The highest BCUT2D eigenvalue weighted by atomic mass is 32.2. The fourth-order valence-electron chi connectivity index (χ4n) is 1.88. The van der Waals surface area contributed by atoms with Crippen LogP contribution >= 0.6 is 11.8 Å². The Kier molecular flexibility index (Phi) is 4.22. The van der Waals surface area contributed by atoms with Crippen LogP contribution in [-0.4, -0.2) is 17.1 Å². The van der Waals surface area contributed by atoms with Gasteiger partial charge in [-0.3, -0.25) is 4.79 Å². The number of rotatable bonds is 3. The first-order valence-corrected chi connectivity index (χ1v) is 7.20. The molecule has 1 aromatic heterocycles. The minimum absolute atomic E-state index is 0.106. The molecular formula is C15H16N2OS. The molecule has 0 atom stereocenters. The molecule has 1 aromatic carbocycles. The number of carbonyl (C=O) groups excluding carboxylic acids is 1. The van der Waals surface area contributed by atoms with Gasteiger partial charge in [-0.2, -0.15) is 0 Å². The fraction of sp³-hybridized carbons (Fsp3) is 0.200. The monoisotopic (exact) mass is 272 g/mol. The van der Waals surface area contributed by atoms with Gasteiger partial charge in [-0.15, -0.1) is 11.8 Å². The summed E-state index contributed by atoms with van der Waals surface area (Å²) >= 11 is 1.57. The van der Waals surface area contributed by atoms with Gasteiger partial charge in [0.25, 0.3) is 5.91 Å². The summed E-state index contributed by atoms with van der Waals surface area (Å²) in [6.45, 7) is 3.97. The lowest BCUT2D eigenvalue weighted by Crippen LogP contribution is -2.12. The van der Waals surface area contributed by atoms with Gasteiger partial charge in [-0.1, -0.05) is 17.2 Å². The van der Waals surface area contributed by atoms with E-state index in [1.54, 1.807) is 18.0 Å². The Balaban J connectivity index is 2.15. The van der Waals surface area contributed by atoms with Crippen LogP contribution in [0.25, 0.3) is 0 Å². The van der Waals surface area contributed by atoms with E-state index < -0.39 is 0 Å². The zero-order valence-corrected chi connectivity index (χ0v) is 12.0. The summed E-state index contributed by atoms with van der Waals surface area (Å²) < 4.78 is 0. The maximum atomic E-state index is 12.1. The van der Waals surface area contributed by atoms with Crippen LogP contribution in [0.2, 0.25) is 0 Å². The van der Waals surface area contributed by atoms with Crippen molar-refractivity contribution in [1.29, 1.82) is 0 Å². The zero-order chi connectivity index (χ0) is 13.8. The Morgan fingerprint density at radius 2 is 1.84 bits per heavy atom. The smallest absolute Gasteiger partial charge is 0.255 e. The van der Waals surface area contributed by atoms with E-state index in [0.29, 0.717) is 11.3 Å². The third kappa shape index (κ3) is 3.58. The van der Waals surface area contributed by atoms with Crippen LogP contribution in [0.15, 0.2) is 41.6 Å². The molecule has 4 heteroatoms. The molecule has 0 bridgehead atoms. The number of aryl methyl sites for hydroxylation is 2. The van der Waals surface area contributed by atoms with Crippen molar-refractivity contribution < 1.29 is 4.79 Å². The normalized spacial score (nSPS) is 10.3. The van der Waals surface area contributed by atoms with Crippen molar-refractivity contribution in [2.24, 2.45) is 0 Å². The van der Waals surface area contributed by atoms with Gasteiger partial charge in [0, 0.05) is 5.56 Å². The molecule has 0 aliphatic rings. The summed E-state index contributed by atoms with van der Waals surface area (Å²) in [5.74, 6) is -0.106. The second kappa shape index (κ2) is 5.89. The molecule has 0 unspecified atom stereocenters. The van der Waals surface area contributed by atoms with E-state index in [9.17, 15) is 4.79 Å². The number of hydrogen-bond acceptors (Lipinski definition) is 3. The predicted octanol–water partition coefficient (Wildman–Crippen LogP) is 3.67. The molecule has 1 heterocycles. The Labute approximate surface area is 117 Å². The molecule has 0 saturated heterocycles. The van der Waals surface area contributed by atoms with E-state index in [1.807, 2.05) is 50.4 Å². The van der Waals surface area contributed by atoms with Crippen molar-refractivity contribution in [1.82, 2.24) is 4.98 Å². The van der Waals surface area contributed by atoms with E-state index in [4.69, 9.17) is 0 Å². The number of nitrogens with zero attached hydrogens (tertiary/aromatic N) is 1. The second-order valence-corrected chi connectivity index (χ2v) is 5.25. The van der Waals surface area contributed by atoms with E-state index in [1.165, 1.54) is 0 Å². The summed E-state index contributed by atoms with van der Waals surface area (Å²) in [7, 11) is 0. The number of thioether (sulfide) groups is 1. The first kappa shape index (κ1) is 13.6. The van der Waals surface area contributed by atoms with Crippen LogP contribution in [0, 0.1) is 13.8 Å². The highest BCUT2D eigenvalue weighted by Crippen LogP contribution is 2.15. The topological polar surface area (TPSA) is 42.0 Å². The molecule has 0 aliphatic carbocycles. The van der Waals surface area contributed by atoms with Crippen LogP contribution in [0.3, 0.4) is 0 Å². The number of hydrogen-bond donors (Lipinski definition) is 1. The van der Waals surface area contributed by atoms with Crippen LogP contribution in [0.5, 0.6) is 0 Å². The largest absolute Gasteiger partial charge is 0.321 e. The molecule has 0 fully saturated rings. The number of aromatic nitrogens is 1. The van der Waals surface area contributed by atoms with Gasteiger partial charge in [0.1, 0.15) is 0 Å². The first-order valence-electron chi connectivity index (χ1n) is 5.98. The first-order chi connectivity index (χ1) is 9.08. The predicted molar refractivity (Wildman–Crippen MR) is 79.9 cm³/mol. The zero-order valence-electron chi connectivity index (χ0n) is 11.2. The second-order valence-electron chi connectivity index (χ2n) is 4.42. The molecule has 1 N–H and O–H groups in total. The molecule has 19 heavy (non-hydrogen) atoms. The molecule has 98 valence electrons. The summed E-state index contributed by atoms with van der Waals surface area (Å²) in [4.78, 5) is 16.4. The van der Waals surface area contributed by atoms with E-state index in [-0.39, 0.29) is 5.91 Å². The minimum Gasteiger partial charge on any atom is -0.321 e. The quantitative estimate of drug-likeness (QED) is 0.867. The van der Waals surface area contributed by atoms with E-state index in [2.05, 4.69) is 10.3 Å². The van der Waals surface area contributed by atoms with Crippen LogP contribution in [0.4, 0.5) is 5.69 Å². The lowest BCUT2D eigenvalue weighted by atomic mass is 10.1. The van der Waals surface area contributed by atoms with E-state index in [0.717, 1.165) is 16.2 Å². The Morgan fingerprint density at radius 1 is 1.16 bits per heavy atom. The molecule has 0 saturated carbocycles. The van der Waals surface area contributed by atoms with Crippen molar-refractivity contribution in [3.05, 3.63) is 53.2 Å². The summed E-state index contributed by atoms with van der Waals surface area (Å²) in [5.41, 5.74) is 3.55. The minimum atomic E-state index is -0.106. The SMILES string of the molecule is CSc1ccc(NC(=O)c2cc(C)cc(C)c2)cn1. The molecule has 2 aromatic rings. The Bertz CT molecular complexity index is 573. The summed E-state index contributed by atoms with van der Waals surface area (Å²) in [6.07, 6.45) is 3.64. The number of carbonyl (C=O) groups is 1. The Hall–Kier alpha value is -1.81. The average Bonchev–Trinajstić information content (AvgIpc) is 2.38. The summed E-state index contributed by atoms with van der Waals surface area (Å²) in [6, 6.07) is 9.56. The highest BCUT2D eigenvalue weighted by molar-refractivity contribution is 7.98. The third-order valence-corrected chi connectivity index (χ3v) is 3.35. The van der Waals surface area contributed by atoms with Crippen molar-refractivity contribution >= 4 is 23.4 Å². The van der Waals surface area contributed by atoms with Crippen molar-refractivity contribution in [3.8, 4) is 0 Å². The van der Waals surface area contributed by atoms with Gasteiger partial charge in [0.15, 0.2) is 0 Å². The molecule has 2 rings (SSSR count). The molecule has 3 nitrogen and oxygen atoms in total. The molecule has 0 radical (unpaired) electrons. The van der Waals surface area contributed by atoms with Crippen LogP contribution in [-0.2, 0) is 0 Å². The van der Waals surface area contributed by atoms with Crippen molar-refractivity contribution in [2.45, 2.75) is 18.9 Å².